The first-order valence-electron chi connectivity index (χ1n) is 13.7. The van der Waals surface area contributed by atoms with E-state index in [1.54, 1.807) is 18.1 Å². The molecule has 0 amide bonds. The average molecular weight is 483 g/mol. The summed E-state index contributed by atoms with van der Waals surface area (Å²) in [5.41, 5.74) is 4.78. The van der Waals surface area contributed by atoms with Crippen LogP contribution in [0.5, 0.6) is 0 Å². The van der Waals surface area contributed by atoms with Gasteiger partial charge < -0.3 is 9.84 Å². The van der Waals surface area contributed by atoms with E-state index < -0.39 is 5.97 Å². The zero-order valence-electron chi connectivity index (χ0n) is 23.0. The van der Waals surface area contributed by atoms with E-state index in [1.165, 1.54) is 5.57 Å². The van der Waals surface area contributed by atoms with E-state index >= 15 is 0 Å². The second-order valence-corrected chi connectivity index (χ2v) is 13.1. The third kappa shape index (κ3) is 3.99. The first-order valence-corrected chi connectivity index (χ1v) is 13.7. The molecule has 0 aromatic rings. The van der Waals surface area contributed by atoms with Crippen molar-refractivity contribution in [3.63, 3.8) is 0 Å². The molecule has 2 fully saturated rings. The lowest BCUT2D eigenvalue weighted by Crippen LogP contribution is -2.53. The number of rotatable bonds is 6. The number of aliphatic carboxylic acids is 1. The van der Waals surface area contributed by atoms with E-state index in [4.69, 9.17) is 16.4 Å². The second kappa shape index (κ2) is 9.01. The number of carboxylic acids is 1. The SMILES string of the molecule is C=C1C2CC3=C(C(OC)C[C@H]4C(C)(C)C(=O)CC[C@]34C)[C@]2(C)CC[C@@H]1[C@H](C)CC/C=C(/C)C(=O)O. The van der Waals surface area contributed by atoms with Crippen molar-refractivity contribution in [3.05, 3.63) is 34.9 Å². The molecule has 4 nitrogen and oxygen atoms in total. The summed E-state index contributed by atoms with van der Waals surface area (Å²) < 4.78 is 6.19. The third-order valence-corrected chi connectivity index (χ3v) is 11.1. The smallest absolute Gasteiger partial charge is 0.330 e. The first kappa shape index (κ1) is 26.4. The molecule has 1 N–H and O–H groups in total. The van der Waals surface area contributed by atoms with Gasteiger partial charge in [-0.2, -0.15) is 0 Å². The molecule has 0 aliphatic heterocycles. The molecule has 0 heterocycles. The van der Waals surface area contributed by atoms with Gasteiger partial charge in [-0.25, -0.2) is 4.79 Å². The average Bonchev–Trinajstić information content (AvgIpc) is 3.12. The maximum absolute atomic E-state index is 12.9. The molecule has 2 unspecified atom stereocenters. The molecule has 4 heteroatoms. The number of carboxylic acid groups (broad SMARTS) is 1. The van der Waals surface area contributed by atoms with Crippen molar-refractivity contribution in [2.24, 2.45) is 39.9 Å². The third-order valence-electron chi connectivity index (χ3n) is 11.1. The molecule has 0 aromatic heterocycles. The molecule has 7 atom stereocenters. The normalized spacial score (nSPS) is 39.7. The minimum Gasteiger partial charge on any atom is -0.478 e. The molecule has 0 radical (unpaired) electrons. The number of ketones is 1. The number of ether oxygens (including phenoxy) is 1. The molecule has 4 rings (SSSR count). The van der Waals surface area contributed by atoms with Crippen LogP contribution in [0.4, 0.5) is 0 Å². The molecular weight excluding hydrogens is 436 g/mol. The van der Waals surface area contributed by atoms with Crippen LogP contribution in [0.3, 0.4) is 0 Å². The van der Waals surface area contributed by atoms with Crippen LogP contribution in [0.2, 0.25) is 0 Å². The van der Waals surface area contributed by atoms with Crippen LogP contribution in [0.25, 0.3) is 0 Å². The molecule has 194 valence electrons. The van der Waals surface area contributed by atoms with Crippen molar-refractivity contribution in [3.8, 4) is 0 Å². The minimum atomic E-state index is -0.829. The van der Waals surface area contributed by atoms with E-state index in [1.807, 2.05) is 13.2 Å². The summed E-state index contributed by atoms with van der Waals surface area (Å²) in [5.74, 6) is 1.28. The quantitative estimate of drug-likeness (QED) is 0.322. The van der Waals surface area contributed by atoms with Gasteiger partial charge in [-0.3, -0.25) is 4.79 Å². The van der Waals surface area contributed by atoms with Crippen molar-refractivity contribution in [2.45, 2.75) is 99.0 Å². The van der Waals surface area contributed by atoms with E-state index in [-0.39, 0.29) is 22.3 Å². The minimum absolute atomic E-state index is 0.0582. The Hall–Kier alpha value is -1.68. The lowest BCUT2D eigenvalue weighted by Gasteiger charge is -2.56. The van der Waals surface area contributed by atoms with E-state index in [0.29, 0.717) is 41.4 Å². The Bertz CT molecular complexity index is 984. The van der Waals surface area contributed by atoms with Gasteiger partial charge in [0.25, 0.3) is 0 Å². The molecule has 0 aromatic carbocycles. The van der Waals surface area contributed by atoms with E-state index in [2.05, 4.69) is 34.6 Å². The Kier molecular flexibility index (Phi) is 6.79. The summed E-state index contributed by atoms with van der Waals surface area (Å²) in [7, 11) is 1.85. The summed E-state index contributed by atoms with van der Waals surface area (Å²) in [6.07, 6.45) is 9.66. The number of hydrogen-bond acceptors (Lipinski definition) is 3. The molecule has 0 saturated heterocycles. The summed E-state index contributed by atoms with van der Waals surface area (Å²) in [6.45, 7) is 17.9. The highest BCUT2D eigenvalue weighted by Crippen LogP contribution is 2.69. The van der Waals surface area contributed by atoms with Crippen molar-refractivity contribution >= 4 is 11.8 Å². The fourth-order valence-electron chi connectivity index (χ4n) is 8.75. The lowest BCUT2D eigenvalue weighted by molar-refractivity contribution is -0.141. The number of allylic oxidation sites excluding steroid dienone is 3. The van der Waals surface area contributed by atoms with Gasteiger partial charge in [0, 0.05) is 24.5 Å². The van der Waals surface area contributed by atoms with Crippen LogP contribution >= 0.6 is 0 Å². The Morgan fingerprint density at radius 1 is 1.23 bits per heavy atom. The summed E-state index contributed by atoms with van der Waals surface area (Å²) in [4.78, 5) is 24.1. The standard InChI is InChI=1S/C31H46O4/c1-18(10-9-11-19(2)28(33)34)21-12-14-31(7)22(20(21)3)16-23-27(31)24(35-8)17-25-29(4,5)26(32)13-15-30(23,25)6/h11,18,21-22,24-25H,3,9-10,12-17H2,1-2,4-8H3,(H,33,34)/b19-11-/t18-,21-,22?,24?,25+,30-,31-/m1/s1. The fourth-order valence-corrected chi connectivity index (χ4v) is 8.75. The zero-order chi connectivity index (χ0) is 25.9. The van der Waals surface area contributed by atoms with Gasteiger partial charge >= 0.3 is 5.97 Å². The molecule has 0 bridgehead atoms. The predicted molar refractivity (Wildman–Crippen MR) is 140 cm³/mol. The zero-order valence-corrected chi connectivity index (χ0v) is 23.0. The highest BCUT2D eigenvalue weighted by molar-refractivity contribution is 5.86. The lowest BCUT2D eigenvalue weighted by atomic mass is 9.49. The molecule has 2 saturated carbocycles. The summed E-state index contributed by atoms with van der Waals surface area (Å²) in [5, 5.41) is 9.15. The van der Waals surface area contributed by atoms with Crippen molar-refractivity contribution in [1.29, 1.82) is 0 Å². The van der Waals surface area contributed by atoms with Crippen LogP contribution in [0.1, 0.15) is 92.9 Å². The summed E-state index contributed by atoms with van der Waals surface area (Å²) in [6, 6.07) is 0. The van der Waals surface area contributed by atoms with Gasteiger partial charge in [0.15, 0.2) is 0 Å². The number of methoxy groups -OCH3 is 1. The maximum Gasteiger partial charge on any atom is 0.330 e. The Morgan fingerprint density at radius 2 is 1.91 bits per heavy atom. The Balaban J connectivity index is 1.61. The van der Waals surface area contributed by atoms with E-state index in [0.717, 1.165) is 44.9 Å². The number of Topliss-reactive ketones (excluding diaryl/α,β-unsaturated/α-hetero) is 1. The van der Waals surface area contributed by atoms with Gasteiger partial charge in [-0.15, -0.1) is 0 Å². The van der Waals surface area contributed by atoms with Gasteiger partial charge in [0.05, 0.1) is 6.10 Å². The summed E-state index contributed by atoms with van der Waals surface area (Å²) >= 11 is 0. The van der Waals surface area contributed by atoms with Crippen LogP contribution in [0, 0.1) is 39.9 Å². The predicted octanol–water partition coefficient (Wildman–Crippen LogP) is 7.15. The van der Waals surface area contributed by atoms with Gasteiger partial charge in [-0.1, -0.05) is 58.4 Å². The first-order chi connectivity index (χ1) is 16.3. The van der Waals surface area contributed by atoms with Gasteiger partial charge in [-0.05, 0) is 91.9 Å². The van der Waals surface area contributed by atoms with Gasteiger partial charge in [0.2, 0.25) is 0 Å². The van der Waals surface area contributed by atoms with Crippen LogP contribution < -0.4 is 0 Å². The highest BCUT2D eigenvalue weighted by Gasteiger charge is 2.62. The molecule has 4 aliphatic carbocycles. The largest absolute Gasteiger partial charge is 0.478 e. The van der Waals surface area contributed by atoms with Crippen LogP contribution in [0.15, 0.2) is 34.9 Å². The Labute approximate surface area is 212 Å². The van der Waals surface area contributed by atoms with Crippen molar-refractivity contribution < 1.29 is 19.4 Å². The fraction of sp³-hybridized carbons (Fsp3) is 0.742. The van der Waals surface area contributed by atoms with E-state index in [9.17, 15) is 9.59 Å². The number of carbonyl (C=O) groups is 2. The molecule has 0 spiro atoms. The van der Waals surface area contributed by atoms with Crippen molar-refractivity contribution in [2.75, 3.05) is 7.11 Å². The van der Waals surface area contributed by atoms with Gasteiger partial charge in [0.1, 0.15) is 5.78 Å². The maximum atomic E-state index is 12.9. The Morgan fingerprint density at radius 3 is 2.54 bits per heavy atom. The molecule has 35 heavy (non-hydrogen) atoms. The number of carbonyl (C=O) groups excluding carboxylic acids is 1. The second-order valence-electron chi connectivity index (χ2n) is 13.1. The van der Waals surface area contributed by atoms with Crippen LogP contribution in [-0.2, 0) is 14.3 Å². The molecule has 4 aliphatic rings. The highest BCUT2D eigenvalue weighted by atomic mass is 16.5. The molecular formula is C31H46O4. The monoisotopic (exact) mass is 482 g/mol. The number of fused-ring (bicyclic) bond motifs is 4. The number of hydrogen-bond donors (Lipinski definition) is 1. The van der Waals surface area contributed by atoms with Crippen molar-refractivity contribution in [1.82, 2.24) is 0 Å². The topological polar surface area (TPSA) is 63.6 Å². The van der Waals surface area contributed by atoms with Crippen LogP contribution in [-0.4, -0.2) is 30.1 Å².